The molecule has 0 fully saturated rings. The number of rotatable bonds is 3. The third kappa shape index (κ3) is 2.50. The van der Waals surface area contributed by atoms with Crippen LogP contribution in [0.3, 0.4) is 0 Å². The maximum atomic E-state index is 5.22. The van der Waals surface area contributed by atoms with Gasteiger partial charge in [0.05, 0.1) is 7.11 Å². The summed E-state index contributed by atoms with van der Waals surface area (Å²) in [7, 11) is 1.69. The predicted molar refractivity (Wildman–Crippen MR) is 66.2 cm³/mol. The first-order valence-electron chi connectivity index (χ1n) is 5.05. The van der Waals surface area contributed by atoms with Crippen LogP contribution in [0.25, 0.3) is 5.57 Å². The second kappa shape index (κ2) is 4.83. The normalized spacial score (nSPS) is 12.0. The standard InChI is InChI=1S/C14H18O/c1-6-10(2)12(4)14-9-13(15-5)8-7-11(14)3/h6-9H,1H2,2-5H3/b12-10-. The summed E-state index contributed by atoms with van der Waals surface area (Å²) in [5.74, 6) is 0.895. The van der Waals surface area contributed by atoms with E-state index in [1.54, 1.807) is 7.11 Å². The first-order valence-corrected chi connectivity index (χ1v) is 5.05. The molecule has 1 heteroatoms. The molecule has 0 aliphatic rings. The summed E-state index contributed by atoms with van der Waals surface area (Å²) in [5, 5.41) is 0. The molecule has 0 radical (unpaired) electrons. The zero-order valence-electron chi connectivity index (χ0n) is 9.92. The zero-order valence-corrected chi connectivity index (χ0v) is 9.92. The Morgan fingerprint density at radius 1 is 1.33 bits per heavy atom. The van der Waals surface area contributed by atoms with Gasteiger partial charge in [0.2, 0.25) is 0 Å². The molecule has 0 saturated heterocycles. The molecule has 0 atom stereocenters. The number of hydrogen-bond acceptors (Lipinski definition) is 1. The van der Waals surface area contributed by atoms with Crippen molar-refractivity contribution >= 4 is 5.57 Å². The zero-order chi connectivity index (χ0) is 11.4. The van der Waals surface area contributed by atoms with Crippen molar-refractivity contribution in [3.05, 3.63) is 47.6 Å². The third-order valence-corrected chi connectivity index (χ3v) is 2.75. The summed E-state index contributed by atoms with van der Waals surface area (Å²) < 4.78 is 5.22. The highest BCUT2D eigenvalue weighted by Gasteiger charge is 2.04. The van der Waals surface area contributed by atoms with Crippen LogP contribution in [0.4, 0.5) is 0 Å². The fourth-order valence-electron chi connectivity index (χ4n) is 1.50. The molecular formula is C14H18O. The van der Waals surface area contributed by atoms with Gasteiger partial charge in [-0.15, -0.1) is 0 Å². The Labute approximate surface area is 92.1 Å². The van der Waals surface area contributed by atoms with Crippen molar-refractivity contribution in [1.82, 2.24) is 0 Å². The van der Waals surface area contributed by atoms with E-state index in [1.807, 2.05) is 12.1 Å². The number of benzene rings is 1. The summed E-state index contributed by atoms with van der Waals surface area (Å²) in [5.41, 5.74) is 4.94. The molecule has 0 aromatic heterocycles. The van der Waals surface area contributed by atoms with Crippen LogP contribution in [-0.2, 0) is 0 Å². The van der Waals surface area contributed by atoms with Crippen LogP contribution in [-0.4, -0.2) is 7.11 Å². The van der Waals surface area contributed by atoms with Crippen LogP contribution in [0.5, 0.6) is 5.75 Å². The lowest BCUT2D eigenvalue weighted by atomic mass is 9.98. The van der Waals surface area contributed by atoms with Crippen molar-refractivity contribution in [1.29, 1.82) is 0 Å². The molecule has 0 spiro atoms. The Morgan fingerprint density at radius 2 is 2.00 bits per heavy atom. The van der Waals surface area contributed by atoms with E-state index in [9.17, 15) is 0 Å². The van der Waals surface area contributed by atoms with Crippen LogP contribution in [0.1, 0.15) is 25.0 Å². The van der Waals surface area contributed by atoms with Crippen molar-refractivity contribution in [2.24, 2.45) is 0 Å². The number of aryl methyl sites for hydroxylation is 1. The minimum atomic E-state index is 0.895. The molecule has 0 bridgehead atoms. The van der Waals surface area contributed by atoms with E-state index in [0.29, 0.717) is 0 Å². The SMILES string of the molecule is C=C/C(C)=C(/C)c1cc(OC)ccc1C. The van der Waals surface area contributed by atoms with E-state index in [-0.39, 0.29) is 0 Å². The summed E-state index contributed by atoms with van der Waals surface area (Å²) in [6, 6.07) is 6.13. The topological polar surface area (TPSA) is 9.23 Å². The summed E-state index contributed by atoms with van der Waals surface area (Å²) in [4.78, 5) is 0. The van der Waals surface area contributed by atoms with Gasteiger partial charge >= 0.3 is 0 Å². The lowest BCUT2D eigenvalue weighted by Crippen LogP contribution is -1.90. The Hall–Kier alpha value is -1.50. The van der Waals surface area contributed by atoms with Crippen LogP contribution in [0.2, 0.25) is 0 Å². The molecule has 80 valence electrons. The van der Waals surface area contributed by atoms with E-state index in [1.165, 1.54) is 22.3 Å². The number of hydrogen-bond donors (Lipinski definition) is 0. The lowest BCUT2D eigenvalue weighted by Gasteiger charge is -2.10. The van der Waals surface area contributed by atoms with Crippen LogP contribution in [0.15, 0.2) is 36.4 Å². The lowest BCUT2D eigenvalue weighted by molar-refractivity contribution is 0.414. The summed E-state index contributed by atoms with van der Waals surface area (Å²) in [6.45, 7) is 10.1. The Bertz CT molecular complexity index is 400. The van der Waals surface area contributed by atoms with Gasteiger partial charge in [0.25, 0.3) is 0 Å². The van der Waals surface area contributed by atoms with Crippen molar-refractivity contribution in [3.8, 4) is 5.75 Å². The Kier molecular flexibility index (Phi) is 3.73. The molecule has 0 amide bonds. The smallest absolute Gasteiger partial charge is 0.119 e. The second-order valence-electron chi connectivity index (χ2n) is 3.69. The molecule has 0 unspecified atom stereocenters. The van der Waals surface area contributed by atoms with Gasteiger partial charge in [-0.05, 0) is 55.2 Å². The minimum absolute atomic E-state index is 0.895. The maximum absolute atomic E-state index is 5.22. The van der Waals surface area contributed by atoms with E-state index >= 15 is 0 Å². The van der Waals surface area contributed by atoms with Gasteiger partial charge in [-0.25, -0.2) is 0 Å². The van der Waals surface area contributed by atoms with Crippen LogP contribution < -0.4 is 4.74 Å². The largest absolute Gasteiger partial charge is 0.497 e. The number of ether oxygens (including phenoxy) is 1. The van der Waals surface area contributed by atoms with Crippen molar-refractivity contribution < 1.29 is 4.74 Å². The maximum Gasteiger partial charge on any atom is 0.119 e. The molecule has 1 nitrogen and oxygen atoms in total. The molecule has 0 saturated carbocycles. The average Bonchev–Trinajstić information content (AvgIpc) is 2.27. The Morgan fingerprint density at radius 3 is 2.53 bits per heavy atom. The van der Waals surface area contributed by atoms with Crippen molar-refractivity contribution in [3.63, 3.8) is 0 Å². The highest BCUT2D eigenvalue weighted by molar-refractivity contribution is 5.71. The first-order chi connectivity index (χ1) is 7.10. The first kappa shape index (κ1) is 11.6. The minimum Gasteiger partial charge on any atom is -0.497 e. The molecule has 0 aliphatic heterocycles. The molecule has 1 aromatic rings. The van der Waals surface area contributed by atoms with Crippen LogP contribution >= 0.6 is 0 Å². The highest BCUT2D eigenvalue weighted by atomic mass is 16.5. The van der Waals surface area contributed by atoms with Crippen LogP contribution in [0, 0.1) is 6.92 Å². The van der Waals surface area contributed by atoms with Gasteiger partial charge in [0, 0.05) is 0 Å². The third-order valence-electron chi connectivity index (χ3n) is 2.75. The quantitative estimate of drug-likeness (QED) is 0.673. The van der Waals surface area contributed by atoms with Gasteiger partial charge in [-0.2, -0.15) is 0 Å². The van der Waals surface area contributed by atoms with Crippen molar-refractivity contribution in [2.45, 2.75) is 20.8 Å². The van der Waals surface area contributed by atoms with E-state index < -0.39 is 0 Å². The molecular weight excluding hydrogens is 184 g/mol. The molecule has 0 N–H and O–H groups in total. The monoisotopic (exact) mass is 202 g/mol. The van der Waals surface area contributed by atoms with Gasteiger partial charge in [0.1, 0.15) is 5.75 Å². The van der Waals surface area contributed by atoms with Gasteiger partial charge in [0.15, 0.2) is 0 Å². The highest BCUT2D eigenvalue weighted by Crippen LogP contribution is 2.26. The summed E-state index contributed by atoms with van der Waals surface area (Å²) in [6.07, 6.45) is 1.88. The van der Waals surface area contributed by atoms with Crippen molar-refractivity contribution in [2.75, 3.05) is 7.11 Å². The number of allylic oxidation sites excluding steroid dienone is 3. The molecule has 15 heavy (non-hydrogen) atoms. The number of methoxy groups -OCH3 is 1. The van der Waals surface area contributed by atoms with E-state index in [0.717, 1.165) is 5.75 Å². The van der Waals surface area contributed by atoms with E-state index in [4.69, 9.17) is 4.74 Å². The van der Waals surface area contributed by atoms with Gasteiger partial charge in [-0.3, -0.25) is 0 Å². The Balaban J connectivity index is 3.30. The van der Waals surface area contributed by atoms with E-state index in [2.05, 4.69) is 39.5 Å². The fraction of sp³-hybridized carbons (Fsp3) is 0.286. The van der Waals surface area contributed by atoms with Gasteiger partial charge in [-0.1, -0.05) is 18.7 Å². The second-order valence-corrected chi connectivity index (χ2v) is 3.69. The van der Waals surface area contributed by atoms with Gasteiger partial charge < -0.3 is 4.74 Å². The molecule has 0 heterocycles. The summed E-state index contributed by atoms with van der Waals surface area (Å²) >= 11 is 0. The fourth-order valence-corrected chi connectivity index (χ4v) is 1.50. The molecule has 1 aromatic carbocycles. The average molecular weight is 202 g/mol. The molecule has 0 aliphatic carbocycles. The predicted octanol–water partition coefficient (Wildman–Crippen LogP) is 3.98. The molecule has 1 rings (SSSR count).